The van der Waals surface area contributed by atoms with Crippen LogP contribution in [0.3, 0.4) is 0 Å². The monoisotopic (exact) mass is 1860 g/mol. The molecule has 15 amide bonds. The largest absolute Gasteiger partial charge is 0.368 e. The van der Waals surface area contributed by atoms with Crippen molar-refractivity contribution in [2.45, 2.75) is 309 Å². The molecule has 0 aliphatic rings. The molecule has 15 atom stereocenters. The Kier molecular flexibility index (Phi) is 52.2. The highest BCUT2D eigenvalue weighted by Crippen LogP contribution is 2.22. The van der Waals surface area contributed by atoms with E-state index in [9.17, 15) is 62.3 Å². The molecule has 744 valence electrons. The summed E-state index contributed by atoms with van der Waals surface area (Å²) in [6.07, 6.45) is 8.21. The lowest BCUT2D eigenvalue weighted by Gasteiger charge is -2.30. The third kappa shape index (κ3) is 44.1. The fraction of sp³-hybridized carbons (Fsp3) is 0.695. The zero-order chi connectivity index (χ0) is 99.3. The van der Waals surface area contributed by atoms with Crippen LogP contribution < -0.4 is 103 Å². The number of quaternary nitrogens is 2. The van der Waals surface area contributed by atoms with E-state index in [1.165, 1.54) is 6.92 Å². The average Bonchev–Trinajstić information content (AvgIpc) is 1.67. The minimum Gasteiger partial charge on any atom is -0.368 e. The molecule has 0 aliphatic carbocycles. The molecule has 2 aromatic carbocycles. The maximum absolute atomic E-state index is 15.1. The number of amides is 15. The van der Waals surface area contributed by atoms with E-state index in [4.69, 9.17) is 28.7 Å². The second-order valence-electron chi connectivity index (χ2n) is 39.4. The molecule has 0 radical (unpaired) electrons. The minimum atomic E-state index is -1.39. The number of nitrogens with one attached hydrogen (secondary N) is 15. The van der Waals surface area contributed by atoms with Crippen molar-refractivity contribution in [1.82, 2.24) is 79.4 Å². The maximum atomic E-state index is 15.1. The van der Waals surface area contributed by atoms with Gasteiger partial charge in [-0.3, -0.25) is 71.9 Å². The number of nitrogens with zero attached hydrogens (tertiary/aromatic N) is 2. The van der Waals surface area contributed by atoms with Crippen LogP contribution in [0.5, 0.6) is 0 Å². The van der Waals surface area contributed by atoms with Crippen molar-refractivity contribution >= 4 is 99.5 Å². The van der Waals surface area contributed by atoms with Crippen LogP contribution in [-0.2, 0) is 84.8 Å². The summed E-state index contributed by atoms with van der Waals surface area (Å²) in [7, 11) is 12.3. The number of hydrogen-bond donors (Lipinski definition) is 20. The topological polar surface area (TPSA) is 570 Å². The van der Waals surface area contributed by atoms with Gasteiger partial charge in [0.1, 0.15) is 78.5 Å². The van der Waals surface area contributed by atoms with Crippen molar-refractivity contribution < 1.29 is 80.9 Å². The van der Waals surface area contributed by atoms with E-state index in [1.807, 2.05) is 87.0 Å². The molecule has 37 heteroatoms. The van der Waals surface area contributed by atoms with Crippen molar-refractivity contribution in [3.63, 3.8) is 0 Å². The number of hydrogen-bond acceptors (Lipinski definition) is 19. The molecule has 0 spiro atoms. The SMILES string of the molecule is CC[C@H](C)[C@H](NC(=O)[C@H](CCCCN)NC(=O)[C@H](CCCCN)NC(=O)[C@H](Cc1ccccc1)NC(=O)[C@H](CC(C)C)NC(=O)[C@H](CCCCN)NC(=O)[C@H](Cc1c[nH]c2ccccc12)NC(=O)[C@@H](N)CCCC[N+](C)(C)C)C(=O)NCC(=O)N[C@@H](C)C(=O)N[C@H](C(=O)N[C@@H](CC(C)C)C(=O)N[C@@H](CCCC[N+](C)(C)C)C(=O)N[C@H](C(=O)N[C@@H](CC(C)C)C(N)=O)C(C)C)C(C)C. The molecule has 132 heavy (non-hydrogen) atoms. The van der Waals surface area contributed by atoms with Gasteiger partial charge in [0, 0.05) is 29.9 Å². The van der Waals surface area contributed by atoms with E-state index in [1.54, 1.807) is 78.1 Å². The third-order valence-electron chi connectivity index (χ3n) is 23.1. The number of carbonyl (C=O) groups excluding carboxylic acids is 15. The molecule has 1 heterocycles. The summed E-state index contributed by atoms with van der Waals surface area (Å²) in [6.45, 7) is 24.4. The van der Waals surface area contributed by atoms with Gasteiger partial charge in [-0.05, 0) is 195 Å². The first-order valence-electron chi connectivity index (χ1n) is 47.6. The smallest absolute Gasteiger partial charge is 0.243 e. The Hall–Kier alpha value is -10.2. The molecule has 0 aliphatic heterocycles. The van der Waals surface area contributed by atoms with Crippen LogP contribution in [0.2, 0.25) is 0 Å². The number of para-hydroxylation sites is 1. The van der Waals surface area contributed by atoms with Crippen molar-refractivity contribution in [2.75, 3.05) is 81.6 Å². The van der Waals surface area contributed by atoms with Crippen LogP contribution in [0.15, 0.2) is 60.8 Å². The maximum Gasteiger partial charge on any atom is 0.243 e. The Morgan fingerprint density at radius 3 is 1.13 bits per heavy atom. The second-order valence-corrected chi connectivity index (χ2v) is 39.4. The summed E-state index contributed by atoms with van der Waals surface area (Å²) in [5.74, 6) is -12.9. The molecule has 25 N–H and O–H groups in total. The van der Waals surface area contributed by atoms with E-state index in [2.05, 4.69) is 101 Å². The van der Waals surface area contributed by atoms with Crippen LogP contribution in [0.1, 0.15) is 223 Å². The van der Waals surface area contributed by atoms with Crippen LogP contribution in [0.25, 0.3) is 10.9 Å². The molecule has 0 saturated carbocycles. The second kappa shape index (κ2) is 59.4. The highest BCUT2D eigenvalue weighted by molar-refractivity contribution is 6.01. The van der Waals surface area contributed by atoms with Gasteiger partial charge < -0.3 is 117 Å². The number of unbranched alkanes of at least 4 members (excludes halogenated alkanes) is 5. The van der Waals surface area contributed by atoms with Gasteiger partial charge in [-0.15, -0.1) is 0 Å². The highest BCUT2D eigenvalue weighted by Gasteiger charge is 2.40. The van der Waals surface area contributed by atoms with E-state index in [0.717, 1.165) is 40.5 Å². The van der Waals surface area contributed by atoms with Crippen LogP contribution in [-0.4, -0.2) is 269 Å². The molecule has 0 saturated heterocycles. The molecular weight excluding hydrogens is 1690 g/mol. The van der Waals surface area contributed by atoms with E-state index >= 15 is 9.59 Å². The Labute approximate surface area is 783 Å². The highest BCUT2D eigenvalue weighted by atomic mass is 16.2. The third-order valence-corrected chi connectivity index (χ3v) is 23.1. The minimum absolute atomic E-state index is 0.00916. The zero-order valence-corrected chi connectivity index (χ0v) is 82.3. The van der Waals surface area contributed by atoms with Gasteiger partial charge in [0.05, 0.1) is 68.0 Å². The molecule has 0 bridgehead atoms. The van der Waals surface area contributed by atoms with Crippen LogP contribution >= 0.6 is 0 Å². The predicted molar refractivity (Wildman–Crippen MR) is 513 cm³/mol. The fourth-order valence-corrected chi connectivity index (χ4v) is 15.1. The molecule has 3 aromatic rings. The summed E-state index contributed by atoms with van der Waals surface area (Å²) in [5, 5.41) is 39.7. The summed E-state index contributed by atoms with van der Waals surface area (Å²) in [4.78, 5) is 218. The number of H-pyrrole nitrogens is 1. The fourth-order valence-electron chi connectivity index (χ4n) is 15.1. The first-order valence-corrected chi connectivity index (χ1v) is 47.6. The Morgan fingerprint density at radius 2 is 0.705 bits per heavy atom. The zero-order valence-electron chi connectivity index (χ0n) is 82.3. The molecule has 3 rings (SSSR count). The van der Waals surface area contributed by atoms with Gasteiger partial charge in [0.25, 0.3) is 0 Å². The van der Waals surface area contributed by atoms with E-state index in [0.29, 0.717) is 80.7 Å². The van der Waals surface area contributed by atoms with Gasteiger partial charge in [-0.2, -0.15) is 0 Å². The number of rotatable bonds is 65. The van der Waals surface area contributed by atoms with Gasteiger partial charge >= 0.3 is 0 Å². The van der Waals surface area contributed by atoms with E-state index < -0.39 is 197 Å². The number of carbonyl (C=O) groups is 15. The summed E-state index contributed by atoms with van der Waals surface area (Å²) in [6, 6.07) is -0.790. The number of fused-ring (bicyclic) bond motifs is 1. The summed E-state index contributed by atoms with van der Waals surface area (Å²) >= 11 is 0. The predicted octanol–water partition coefficient (Wildman–Crippen LogP) is 1.84. The van der Waals surface area contributed by atoms with Gasteiger partial charge in [-0.1, -0.05) is 138 Å². The first kappa shape index (κ1) is 116. The number of aromatic nitrogens is 1. The Bertz CT molecular complexity index is 4130. The number of aromatic amines is 1. The molecule has 37 nitrogen and oxygen atoms in total. The summed E-state index contributed by atoms with van der Waals surface area (Å²) in [5.41, 5.74) is 32.1. The normalized spacial score (nSPS) is 15.2. The lowest BCUT2D eigenvalue weighted by atomic mass is 9.97. The van der Waals surface area contributed by atoms with Crippen LogP contribution in [0, 0.1) is 35.5 Å². The first-order chi connectivity index (χ1) is 62.0. The molecular formula is C95H166N22O15+2. The van der Waals surface area contributed by atoms with Gasteiger partial charge in [0.2, 0.25) is 88.6 Å². The Morgan fingerprint density at radius 1 is 0.356 bits per heavy atom. The van der Waals surface area contributed by atoms with Gasteiger partial charge in [0.15, 0.2) is 0 Å². The standard InChI is InChI=1S/C95H164N22O15/c1-20-62(12)81(93(130)102-56-78(118)103-63(13)83(120)113-79(60(8)9)95(132)112-75(52-59(6)7)89(126)107-72(44-30-35-49-117(17,18)19)87(124)114-80(61(10)11)94(131)108-73(82(100)119)50-57(2)3)115-88(125)71(43-28-33-47-98)104-85(122)69(41-26-31-45-96)105-91(128)76(53-64-36-22-21-23-37-64)111-90(127)74(51-58(4)5)110-86(123)70(42-27-32-46-97)106-92(129)77(54-65-55-101-68-40-25-24-38-66(65)68)109-84(121)67(99)39-29-34-48-116(14,15)16/h21-25,36-38,40,55,57-63,67,69-77,79-81,101H,20,26-35,39,41-54,56,96-99H2,1-19H3,(H14-2,100,102,103,104,105,106,107,108,109,110,111,112,113,114,115,118,119,120,121,122,123,124,125,126,127,128,129,130,131,132)/p+2/t62-,63-,67-,69-,70-,71-,72-,73-,74-,75-,76-,77-,79-,80-,81-/m0/s1. The quantitative estimate of drug-likeness (QED) is 0.0283. The summed E-state index contributed by atoms with van der Waals surface area (Å²) < 4.78 is 1.38. The average molecular weight is 1860 g/mol. The van der Waals surface area contributed by atoms with Gasteiger partial charge in [-0.25, -0.2) is 0 Å². The van der Waals surface area contributed by atoms with Crippen molar-refractivity contribution in [3.8, 4) is 0 Å². The van der Waals surface area contributed by atoms with Crippen molar-refractivity contribution in [2.24, 2.45) is 64.2 Å². The van der Waals surface area contributed by atoms with E-state index in [-0.39, 0.29) is 95.2 Å². The lowest BCUT2D eigenvalue weighted by molar-refractivity contribution is -0.870. The van der Waals surface area contributed by atoms with Crippen molar-refractivity contribution in [3.05, 3.63) is 71.9 Å². The van der Waals surface area contributed by atoms with Crippen molar-refractivity contribution in [1.29, 1.82) is 0 Å². The lowest BCUT2D eigenvalue weighted by Crippen LogP contribution is -2.61. The van der Waals surface area contributed by atoms with Crippen LogP contribution in [0.4, 0.5) is 0 Å². The molecule has 0 unspecified atom stereocenters. The number of benzene rings is 2. The number of nitrogens with two attached hydrogens (primary N) is 5. The molecule has 1 aromatic heterocycles. The Balaban J connectivity index is 1.89. The molecule has 0 fully saturated rings. The number of primary amides is 1.